The summed E-state index contributed by atoms with van der Waals surface area (Å²) in [6.07, 6.45) is 2.39. The lowest BCUT2D eigenvalue weighted by Crippen LogP contribution is -2.25. The van der Waals surface area contributed by atoms with E-state index in [1.54, 1.807) is 6.08 Å². The van der Waals surface area contributed by atoms with E-state index in [2.05, 4.69) is 50.0 Å². The molecule has 0 aliphatic carbocycles. The van der Waals surface area contributed by atoms with E-state index in [1.807, 2.05) is 23.1 Å². The highest BCUT2D eigenvalue weighted by Crippen LogP contribution is 2.21. The highest BCUT2D eigenvalue weighted by atomic mass is 79.9. The van der Waals surface area contributed by atoms with Gasteiger partial charge in [-0.2, -0.15) is 5.10 Å². The fourth-order valence-corrected chi connectivity index (χ4v) is 3.53. The van der Waals surface area contributed by atoms with Gasteiger partial charge in [-0.05, 0) is 36.7 Å². The number of nitrogens with zero attached hydrogens (tertiary/aromatic N) is 5. The number of hydrogen-bond donors (Lipinski definition) is 1. The summed E-state index contributed by atoms with van der Waals surface area (Å²) in [5, 5.41) is 16.6. The Balaban J connectivity index is 2.00. The number of nitrogens with one attached hydrogen (secondary N) is 1. The molecule has 0 aliphatic heterocycles. The summed E-state index contributed by atoms with van der Waals surface area (Å²) < 4.78 is 5.07. The normalized spacial score (nSPS) is 10.9. The quantitative estimate of drug-likeness (QED) is 0.492. The van der Waals surface area contributed by atoms with Crippen LogP contribution in [0.1, 0.15) is 24.1 Å². The summed E-state index contributed by atoms with van der Waals surface area (Å²) in [4.78, 5) is 11.7. The fourth-order valence-electron chi connectivity index (χ4n) is 2.39. The first kappa shape index (κ1) is 19.7. The summed E-state index contributed by atoms with van der Waals surface area (Å²) >= 11 is 4.94. The number of rotatable bonds is 9. The first-order valence-electron chi connectivity index (χ1n) is 8.09. The Hall–Kier alpha value is -1.61. The van der Waals surface area contributed by atoms with Crippen LogP contribution in [-0.4, -0.2) is 42.7 Å². The van der Waals surface area contributed by atoms with Gasteiger partial charge in [-0.1, -0.05) is 17.8 Å². The van der Waals surface area contributed by atoms with Gasteiger partial charge >= 0.3 is 0 Å². The highest BCUT2D eigenvalue weighted by Gasteiger charge is 2.14. The molecule has 0 unspecified atom stereocenters. The molecule has 0 aliphatic rings. The molecule has 0 saturated heterocycles. The molecule has 0 bridgehead atoms. The molecular formula is C16H23BrN6OS. The van der Waals surface area contributed by atoms with Crippen LogP contribution in [0.5, 0.6) is 0 Å². The van der Waals surface area contributed by atoms with E-state index >= 15 is 0 Å². The van der Waals surface area contributed by atoms with Crippen molar-refractivity contribution in [2.45, 2.75) is 45.4 Å². The molecule has 9 heteroatoms. The Morgan fingerprint density at radius 1 is 1.40 bits per heavy atom. The van der Waals surface area contributed by atoms with Crippen LogP contribution in [-0.2, 0) is 24.3 Å². The number of amides is 1. The number of aryl methyl sites for hydroxylation is 3. The third-order valence-corrected chi connectivity index (χ3v) is 5.84. The van der Waals surface area contributed by atoms with Crippen LogP contribution >= 0.6 is 27.7 Å². The maximum atomic E-state index is 11.7. The van der Waals surface area contributed by atoms with E-state index < -0.39 is 0 Å². The van der Waals surface area contributed by atoms with Crippen LogP contribution in [0.15, 0.2) is 22.3 Å². The summed E-state index contributed by atoms with van der Waals surface area (Å²) in [5.74, 6) is 1.18. The molecule has 136 valence electrons. The van der Waals surface area contributed by atoms with Crippen molar-refractivity contribution in [2.75, 3.05) is 12.3 Å². The zero-order valence-electron chi connectivity index (χ0n) is 14.8. The Morgan fingerprint density at radius 3 is 2.76 bits per heavy atom. The molecule has 2 rings (SSSR count). The van der Waals surface area contributed by atoms with Crippen LogP contribution in [0.3, 0.4) is 0 Å². The van der Waals surface area contributed by atoms with Gasteiger partial charge in [-0.3, -0.25) is 9.48 Å². The SMILES string of the molecule is C=CCNC(=O)CSc1nnc(CCn2nc(C)c(Br)c2C)n1CC. The zero-order valence-corrected chi connectivity index (χ0v) is 17.2. The van der Waals surface area contributed by atoms with Gasteiger partial charge < -0.3 is 9.88 Å². The van der Waals surface area contributed by atoms with Gasteiger partial charge in [-0.25, -0.2) is 0 Å². The maximum Gasteiger partial charge on any atom is 0.230 e. The second-order valence-electron chi connectivity index (χ2n) is 5.48. The van der Waals surface area contributed by atoms with E-state index in [1.165, 1.54) is 11.8 Å². The van der Waals surface area contributed by atoms with Gasteiger partial charge in [0.2, 0.25) is 5.91 Å². The van der Waals surface area contributed by atoms with Crippen molar-refractivity contribution in [1.29, 1.82) is 0 Å². The molecule has 0 spiro atoms. The van der Waals surface area contributed by atoms with Crippen LogP contribution in [0, 0.1) is 13.8 Å². The molecule has 0 atom stereocenters. The Bertz CT molecular complexity index is 754. The van der Waals surface area contributed by atoms with Gasteiger partial charge in [0.05, 0.1) is 15.9 Å². The summed E-state index contributed by atoms with van der Waals surface area (Å²) in [6.45, 7) is 11.6. The van der Waals surface area contributed by atoms with E-state index in [9.17, 15) is 4.79 Å². The molecular weight excluding hydrogens is 404 g/mol. The first-order chi connectivity index (χ1) is 12.0. The number of halogens is 1. The molecule has 0 saturated carbocycles. The number of aromatic nitrogens is 5. The third-order valence-electron chi connectivity index (χ3n) is 3.73. The Morgan fingerprint density at radius 2 is 2.16 bits per heavy atom. The lowest BCUT2D eigenvalue weighted by atomic mass is 10.3. The van der Waals surface area contributed by atoms with Crippen LogP contribution in [0.2, 0.25) is 0 Å². The fraction of sp³-hybridized carbons (Fsp3) is 0.500. The van der Waals surface area contributed by atoms with E-state index in [0.717, 1.165) is 46.4 Å². The van der Waals surface area contributed by atoms with Gasteiger partial charge in [0.25, 0.3) is 0 Å². The van der Waals surface area contributed by atoms with Crippen LogP contribution in [0.25, 0.3) is 0 Å². The molecule has 0 aromatic carbocycles. The monoisotopic (exact) mass is 426 g/mol. The second kappa shape index (κ2) is 9.19. The van der Waals surface area contributed by atoms with Crippen molar-refractivity contribution >= 4 is 33.6 Å². The third kappa shape index (κ3) is 4.94. The average Bonchev–Trinajstić information content (AvgIpc) is 3.11. The lowest BCUT2D eigenvalue weighted by molar-refractivity contribution is -0.118. The molecule has 2 aromatic rings. The largest absolute Gasteiger partial charge is 0.352 e. The molecule has 2 aromatic heterocycles. The minimum atomic E-state index is -0.0374. The Kier molecular flexibility index (Phi) is 7.24. The zero-order chi connectivity index (χ0) is 18.4. The molecule has 7 nitrogen and oxygen atoms in total. The summed E-state index contributed by atoms with van der Waals surface area (Å²) in [7, 11) is 0. The van der Waals surface area contributed by atoms with Crippen molar-refractivity contribution in [1.82, 2.24) is 29.9 Å². The number of carbonyl (C=O) groups is 1. The topological polar surface area (TPSA) is 77.6 Å². The Labute approximate surface area is 160 Å². The predicted octanol–water partition coefficient (Wildman–Crippen LogP) is 2.51. The van der Waals surface area contributed by atoms with Crippen molar-refractivity contribution in [3.8, 4) is 0 Å². The standard InChI is InChI=1S/C16H23BrN6OS/c1-5-8-18-14(24)10-25-16-20-19-13(22(16)6-2)7-9-23-12(4)15(17)11(3)21-23/h5H,1,6-10H2,2-4H3,(H,18,24). The second-order valence-corrected chi connectivity index (χ2v) is 7.22. The molecule has 1 amide bonds. The molecule has 1 N–H and O–H groups in total. The number of thioether (sulfide) groups is 1. The van der Waals surface area contributed by atoms with Gasteiger partial charge in [0.1, 0.15) is 5.82 Å². The first-order valence-corrected chi connectivity index (χ1v) is 9.87. The molecule has 0 radical (unpaired) electrons. The molecule has 2 heterocycles. The van der Waals surface area contributed by atoms with Gasteiger partial charge in [0.15, 0.2) is 5.16 Å². The van der Waals surface area contributed by atoms with Gasteiger partial charge in [-0.15, -0.1) is 16.8 Å². The highest BCUT2D eigenvalue weighted by molar-refractivity contribution is 9.10. The van der Waals surface area contributed by atoms with Crippen molar-refractivity contribution in [2.24, 2.45) is 0 Å². The van der Waals surface area contributed by atoms with Gasteiger partial charge in [0, 0.05) is 31.7 Å². The molecule has 0 fully saturated rings. The predicted molar refractivity (Wildman–Crippen MR) is 103 cm³/mol. The summed E-state index contributed by atoms with van der Waals surface area (Å²) in [6, 6.07) is 0. The van der Waals surface area contributed by atoms with E-state index in [-0.39, 0.29) is 5.91 Å². The number of hydrogen-bond acceptors (Lipinski definition) is 5. The average molecular weight is 427 g/mol. The van der Waals surface area contributed by atoms with Crippen molar-refractivity contribution in [3.05, 3.63) is 34.3 Å². The smallest absolute Gasteiger partial charge is 0.230 e. The minimum Gasteiger partial charge on any atom is -0.352 e. The molecule has 25 heavy (non-hydrogen) atoms. The van der Waals surface area contributed by atoms with Crippen LogP contribution < -0.4 is 5.32 Å². The minimum absolute atomic E-state index is 0.0374. The number of carbonyl (C=O) groups excluding carboxylic acids is 1. The van der Waals surface area contributed by atoms with E-state index in [4.69, 9.17) is 0 Å². The summed E-state index contributed by atoms with van der Waals surface area (Å²) in [5.41, 5.74) is 2.09. The van der Waals surface area contributed by atoms with Crippen LogP contribution in [0.4, 0.5) is 0 Å². The lowest BCUT2D eigenvalue weighted by Gasteiger charge is -2.08. The van der Waals surface area contributed by atoms with Crippen molar-refractivity contribution in [3.63, 3.8) is 0 Å². The van der Waals surface area contributed by atoms with Crippen molar-refractivity contribution < 1.29 is 4.79 Å². The van der Waals surface area contributed by atoms with E-state index in [0.29, 0.717) is 12.3 Å². The maximum absolute atomic E-state index is 11.7.